The van der Waals surface area contributed by atoms with Gasteiger partial charge in [-0.3, -0.25) is 4.98 Å². The molecule has 2 N–H and O–H groups in total. The first kappa shape index (κ1) is 14.6. The van der Waals surface area contributed by atoms with Gasteiger partial charge in [0.25, 0.3) is 0 Å². The van der Waals surface area contributed by atoms with Gasteiger partial charge in [0, 0.05) is 18.9 Å². The fourth-order valence-electron chi connectivity index (χ4n) is 1.75. The molecule has 1 aromatic heterocycles. The van der Waals surface area contributed by atoms with Gasteiger partial charge in [0.05, 0.1) is 6.10 Å². The molecule has 0 fully saturated rings. The second-order valence-corrected chi connectivity index (χ2v) is 6.15. The molecule has 0 amide bonds. The Morgan fingerprint density at radius 3 is 2.55 bits per heavy atom. The van der Waals surface area contributed by atoms with E-state index >= 15 is 0 Å². The number of rotatable bonds is 6. The van der Waals surface area contributed by atoms with Crippen molar-refractivity contribution in [3.63, 3.8) is 0 Å². The van der Waals surface area contributed by atoms with Crippen LogP contribution in [0.5, 0.6) is 0 Å². The molecule has 0 aliphatic heterocycles. The second kappa shape index (κ2) is 6.60. The molecule has 0 saturated heterocycles. The number of pyridine rings is 1. The summed E-state index contributed by atoms with van der Waals surface area (Å²) in [5.74, 6) is 0. The summed E-state index contributed by atoms with van der Waals surface area (Å²) in [6, 6.07) is 12.4. The van der Waals surface area contributed by atoms with Crippen molar-refractivity contribution in [2.45, 2.75) is 17.4 Å². The Morgan fingerprint density at radius 1 is 1.15 bits per heavy atom. The molecule has 1 unspecified atom stereocenters. The lowest BCUT2D eigenvalue weighted by molar-refractivity contribution is 0.179. The van der Waals surface area contributed by atoms with Crippen LogP contribution >= 0.6 is 0 Å². The van der Waals surface area contributed by atoms with Crippen molar-refractivity contribution >= 4 is 10.0 Å². The molecule has 1 aromatic carbocycles. The minimum Gasteiger partial charge on any atom is -0.391 e. The van der Waals surface area contributed by atoms with Gasteiger partial charge in [0.15, 0.2) is 0 Å². The van der Waals surface area contributed by atoms with E-state index < -0.39 is 16.1 Å². The quantitative estimate of drug-likeness (QED) is 0.831. The predicted octanol–water partition coefficient (Wildman–Crippen LogP) is 0.963. The molecular weight excluding hydrogens is 276 g/mol. The average molecular weight is 292 g/mol. The molecule has 5 nitrogen and oxygen atoms in total. The molecule has 0 aliphatic carbocycles. The monoisotopic (exact) mass is 292 g/mol. The number of nitrogens with one attached hydrogen (secondary N) is 1. The maximum atomic E-state index is 11.9. The Kier molecular flexibility index (Phi) is 4.84. The topological polar surface area (TPSA) is 79.3 Å². The molecule has 0 bridgehead atoms. The summed E-state index contributed by atoms with van der Waals surface area (Å²) < 4.78 is 26.2. The van der Waals surface area contributed by atoms with E-state index in [1.807, 2.05) is 30.3 Å². The fraction of sp³-hybridized carbons (Fsp3) is 0.214. The van der Waals surface area contributed by atoms with Crippen LogP contribution in [-0.4, -0.2) is 31.2 Å². The van der Waals surface area contributed by atoms with E-state index in [4.69, 9.17) is 0 Å². The summed E-state index contributed by atoms with van der Waals surface area (Å²) in [5.41, 5.74) is 0.959. The van der Waals surface area contributed by atoms with Gasteiger partial charge in [-0.05, 0) is 24.1 Å². The normalized spacial score (nSPS) is 13.1. The SMILES string of the molecule is O=S(=O)(NCC(O)Cc1ccccc1)c1cccnc1. The summed E-state index contributed by atoms with van der Waals surface area (Å²) in [6.07, 6.45) is 2.40. The van der Waals surface area contributed by atoms with E-state index in [0.29, 0.717) is 6.42 Å². The predicted molar refractivity (Wildman–Crippen MR) is 75.6 cm³/mol. The number of sulfonamides is 1. The summed E-state index contributed by atoms with van der Waals surface area (Å²) in [5, 5.41) is 9.87. The maximum Gasteiger partial charge on any atom is 0.242 e. The van der Waals surface area contributed by atoms with Crippen LogP contribution in [0.1, 0.15) is 5.56 Å². The molecule has 0 spiro atoms. The zero-order valence-corrected chi connectivity index (χ0v) is 11.6. The third-order valence-electron chi connectivity index (χ3n) is 2.77. The second-order valence-electron chi connectivity index (χ2n) is 4.38. The number of benzene rings is 1. The molecule has 1 atom stereocenters. The smallest absolute Gasteiger partial charge is 0.242 e. The van der Waals surface area contributed by atoms with Gasteiger partial charge in [-0.25, -0.2) is 13.1 Å². The molecule has 2 aromatic rings. The Morgan fingerprint density at radius 2 is 1.90 bits per heavy atom. The van der Waals surface area contributed by atoms with Gasteiger partial charge in [-0.1, -0.05) is 30.3 Å². The van der Waals surface area contributed by atoms with Gasteiger partial charge < -0.3 is 5.11 Å². The maximum absolute atomic E-state index is 11.9. The number of hydrogen-bond acceptors (Lipinski definition) is 4. The minimum atomic E-state index is -3.62. The number of aromatic nitrogens is 1. The zero-order valence-electron chi connectivity index (χ0n) is 10.8. The number of aliphatic hydroxyl groups is 1. The molecule has 6 heteroatoms. The first-order chi connectivity index (χ1) is 9.58. The third kappa shape index (κ3) is 4.12. The average Bonchev–Trinajstić information content (AvgIpc) is 2.47. The van der Waals surface area contributed by atoms with E-state index in [0.717, 1.165) is 5.56 Å². The van der Waals surface area contributed by atoms with E-state index in [2.05, 4.69) is 9.71 Å². The molecule has 1 heterocycles. The van der Waals surface area contributed by atoms with Crippen molar-refractivity contribution in [1.29, 1.82) is 0 Å². The van der Waals surface area contributed by atoms with E-state index in [9.17, 15) is 13.5 Å². The first-order valence-electron chi connectivity index (χ1n) is 6.19. The lowest BCUT2D eigenvalue weighted by atomic mass is 10.1. The summed E-state index contributed by atoms with van der Waals surface area (Å²) in [7, 11) is -3.62. The third-order valence-corrected chi connectivity index (χ3v) is 4.18. The molecule has 20 heavy (non-hydrogen) atoms. The van der Waals surface area contributed by atoms with E-state index in [-0.39, 0.29) is 11.4 Å². The minimum absolute atomic E-state index is 0.0356. The van der Waals surface area contributed by atoms with Crippen molar-refractivity contribution in [2.75, 3.05) is 6.54 Å². The molecule has 0 radical (unpaired) electrons. The van der Waals surface area contributed by atoms with Gasteiger partial charge in [-0.15, -0.1) is 0 Å². The van der Waals surface area contributed by atoms with Crippen molar-refractivity contribution in [1.82, 2.24) is 9.71 Å². The van der Waals surface area contributed by atoms with Crippen molar-refractivity contribution in [3.05, 3.63) is 60.4 Å². The number of hydrogen-bond donors (Lipinski definition) is 2. The van der Waals surface area contributed by atoms with Crippen LogP contribution in [0.2, 0.25) is 0 Å². The van der Waals surface area contributed by atoms with Gasteiger partial charge in [-0.2, -0.15) is 0 Å². The van der Waals surface area contributed by atoms with Crippen molar-refractivity contribution in [2.24, 2.45) is 0 Å². The van der Waals surface area contributed by atoms with Gasteiger partial charge in [0.2, 0.25) is 10.0 Å². The van der Waals surface area contributed by atoms with E-state index in [1.54, 1.807) is 6.07 Å². The zero-order chi connectivity index (χ0) is 14.4. The summed E-state index contributed by atoms with van der Waals surface area (Å²) in [6.45, 7) is -0.0356. The van der Waals surface area contributed by atoms with Crippen LogP contribution < -0.4 is 4.72 Å². The standard InChI is InChI=1S/C14H16N2O3S/c17-13(9-12-5-2-1-3-6-12)10-16-20(18,19)14-7-4-8-15-11-14/h1-8,11,13,16-17H,9-10H2. The summed E-state index contributed by atoms with van der Waals surface area (Å²) >= 11 is 0. The molecular formula is C14H16N2O3S. The Bertz CT molecular complexity index is 630. The molecule has 2 rings (SSSR count). The van der Waals surface area contributed by atoms with Crippen LogP contribution in [0.4, 0.5) is 0 Å². The van der Waals surface area contributed by atoms with Crippen LogP contribution in [0.15, 0.2) is 59.8 Å². The lowest BCUT2D eigenvalue weighted by Crippen LogP contribution is -2.33. The van der Waals surface area contributed by atoms with Gasteiger partial charge in [0.1, 0.15) is 4.90 Å². The van der Waals surface area contributed by atoms with E-state index in [1.165, 1.54) is 18.5 Å². The lowest BCUT2D eigenvalue weighted by Gasteiger charge is -2.12. The van der Waals surface area contributed by atoms with Crippen molar-refractivity contribution < 1.29 is 13.5 Å². The Balaban J connectivity index is 1.92. The Hall–Kier alpha value is -1.76. The number of aliphatic hydroxyl groups excluding tert-OH is 1. The van der Waals surface area contributed by atoms with Crippen LogP contribution in [0.25, 0.3) is 0 Å². The fourth-order valence-corrected chi connectivity index (χ4v) is 2.79. The first-order valence-corrected chi connectivity index (χ1v) is 7.68. The van der Waals surface area contributed by atoms with Gasteiger partial charge >= 0.3 is 0 Å². The Labute approximate surface area is 118 Å². The highest BCUT2D eigenvalue weighted by Gasteiger charge is 2.15. The summed E-state index contributed by atoms with van der Waals surface area (Å²) in [4.78, 5) is 3.85. The highest BCUT2D eigenvalue weighted by atomic mass is 32.2. The number of nitrogens with zero attached hydrogens (tertiary/aromatic N) is 1. The highest BCUT2D eigenvalue weighted by Crippen LogP contribution is 2.06. The largest absolute Gasteiger partial charge is 0.391 e. The van der Waals surface area contributed by atoms with Crippen LogP contribution in [0, 0.1) is 0 Å². The molecule has 0 aliphatic rings. The van der Waals surface area contributed by atoms with Crippen LogP contribution in [0.3, 0.4) is 0 Å². The molecule has 106 valence electrons. The van der Waals surface area contributed by atoms with Crippen LogP contribution in [-0.2, 0) is 16.4 Å². The highest BCUT2D eigenvalue weighted by molar-refractivity contribution is 7.89. The van der Waals surface area contributed by atoms with Crippen molar-refractivity contribution in [3.8, 4) is 0 Å². The molecule has 0 saturated carbocycles.